The summed E-state index contributed by atoms with van der Waals surface area (Å²) in [7, 11) is 3.21. The van der Waals surface area contributed by atoms with E-state index in [0.717, 1.165) is 23.1 Å². The predicted molar refractivity (Wildman–Crippen MR) is 134 cm³/mol. The number of nitrogens with one attached hydrogen (secondary N) is 1. The molecule has 0 spiro atoms. The number of ether oxygens (including phenoxy) is 2. The van der Waals surface area contributed by atoms with E-state index in [1.54, 1.807) is 14.2 Å². The molecule has 5 rings (SSSR count). The molecule has 0 fully saturated rings. The second kappa shape index (κ2) is 9.45. The van der Waals surface area contributed by atoms with Crippen molar-refractivity contribution in [2.75, 3.05) is 27.3 Å². The molecule has 180 valence electrons. The van der Waals surface area contributed by atoms with Crippen LogP contribution in [0.5, 0.6) is 11.5 Å². The number of benzene rings is 3. The summed E-state index contributed by atoms with van der Waals surface area (Å²) in [5, 5.41) is 3.16. The summed E-state index contributed by atoms with van der Waals surface area (Å²) in [6.45, 7) is 3.14. The highest BCUT2D eigenvalue weighted by Crippen LogP contribution is 2.48. The van der Waals surface area contributed by atoms with Gasteiger partial charge in [-0.05, 0) is 60.2 Å². The molecule has 2 aliphatic heterocycles. The molecule has 0 aliphatic carbocycles. The molecule has 0 radical (unpaired) electrons. The molecular weight excluding hydrogens is 440 g/mol. The SMILES string of the molecule is COc1cc2c(cc1OC)[C@@H]1[C@@H](C(=O)NCCc3cccc(C)c3)c3ccccc3C(=O)N1CC2. The fourth-order valence-electron chi connectivity index (χ4n) is 5.44. The monoisotopic (exact) mass is 470 g/mol. The summed E-state index contributed by atoms with van der Waals surface area (Å²) >= 11 is 0. The van der Waals surface area contributed by atoms with E-state index < -0.39 is 12.0 Å². The highest BCUT2D eigenvalue weighted by Gasteiger charge is 2.46. The van der Waals surface area contributed by atoms with E-state index in [1.165, 1.54) is 11.1 Å². The van der Waals surface area contributed by atoms with E-state index in [1.807, 2.05) is 47.4 Å². The zero-order valence-electron chi connectivity index (χ0n) is 20.3. The van der Waals surface area contributed by atoms with Crippen LogP contribution in [0, 0.1) is 6.92 Å². The van der Waals surface area contributed by atoms with Crippen LogP contribution in [-0.4, -0.2) is 44.0 Å². The molecule has 0 bridgehead atoms. The van der Waals surface area contributed by atoms with Gasteiger partial charge in [0.2, 0.25) is 5.91 Å². The topological polar surface area (TPSA) is 67.9 Å². The Morgan fingerprint density at radius 3 is 2.54 bits per heavy atom. The van der Waals surface area contributed by atoms with Crippen molar-refractivity contribution in [3.63, 3.8) is 0 Å². The zero-order valence-corrected chi connectivity index (χ0v) is 20.3. The second-order valence-electron chi connectivity index (χ2n) is 9.19. The minimum atomic E-state index is -0.515. The average molecular weight is 471 g/mol. The molecule has 0 saturated carbocycles. The van der Waals surface area contributed by atoms with Crippen LogP contribution in [0.1, 0.15) is 50.1 Å². The Balaban J connectivity index is 1.51. The number of methoxy groups -OCH3 is 2. The van der Waals surface area contributed by atoms with Crippen LogP contribution in [0.3, 0.4) is 0 Å². The van der Waals surface area contributed by atoms with E-state index in [0.29, 0.717) is 36.6 Å². The molecule has 0 unspecified atom stereocenters. The van der Waals surface area contributed by atoms with E-state index in [9.17, 15) is 9.59 Å². The number of rotatable bonds is 6. The first kappa shape index (κ1) is 23.0. The summed E-state index contributed by atoms with van der Waals surface area (Å²) in [5.74, 6) is 0.628. The third kappa shape index (κ3) is 4.14. The van der Waals surface area contributed by atoms with Gasteiger partial charge >= 0.3 is 0 Å². The lowest BCUT2D eigenvalue weighted by Crippen LogP contribution is -2.50. The summed E-state index contributed by atoms with van der Waals surface area (Å²) in [4.78, 5) is 29.1. The highest BCUT2D eigenvalue weighted by atomic mass is 16.5. The van der Waals surface area contributed by atoms with Crippen LogP contribution in [-0.2, 0) is 17.6 Å². The van der Waals surface area contributed by atoms with Gasteiger partial charge < -0.3 is 19.7 Å². The van der Waals surface area contributed by atoms with Crippen LogP contribution >= 0.6 is 0 Å². The molecule has 1 N–H and O–H groups in total. The van der Waals surface area contributed by atoms with Crippen LogP contribution in [0.15, 0.2) is 60.7 Å². The van der Waals surface area contributed by atoms with Gasteiger partial charge in [0.25, 0.3) is 5.91 Å². The number of nitrogens with zero attached hydrogens (tertiary/aromatic N) is 1. The van der Waals surface area contributed by atoms with Crippen molar-refractivity contribution in [2.24, 2.45) is 0 Å². The molecule has 2 aliphatic rings. The molecule has 2 atom stereocenters. The summed E-state index contributed by atoms with van der Waals surface area (Å²) in [6.07, 6.45) is 1.44. The molecule has 2 amide bonds. The first-order chi connectivity index (χ1) is 17.0. The number of amides is 2. The van der Waals surface area contributed by atoms with E-state index in [-0.39, 0.29) is 11.8 Å². The Morgan fingerprint density at radius 2 is 1.77 bits per heavy atom. The fraction of sp³-hybridized carbons (Fsp3) is 0.310. The van der Waals surface area contributed by atoms with Crippen molar-refractivity contribution in [1.29, 1.82) is 0 Å². The molecule has 3 aromatic carbocycles. The number of aryl methyl sites for hydroxylation is 1. The largest absolute Gasteiger partial charge is 0.493 e. The number of hydrogen-bond acceptors (Lipinski definition) is 4. The minimum absolute atomic E-state index is 0.0326. The molecule has 35 heavy (non-hydrogen) atoms. The van der Waals surface area contributed by atoms with Gasteiger partial charge in [0, 0.05) is 18.7 Å². The van der Waals surface area contributed by atoms with Gasteiger partial charge in [-0.15, -0.1) is 0 Å². The first-order valence-electron chi connectivity index (χ1n) is 12.0. The van der Waals surface area contributed by atoms with Crippen LogP contribution < -0.4 is 14.8 Å². The Bertz CT molecular complexity index is 1290. The van der Waals surface area contributed by atoms with Gasteiger partial charge in [-0.2, -0.15) is 0 Å². The van der Waals surface area contributed by atoms with Gasteiger partial charge in [0.1, 0.15) is 0 Å². The molecule has 2 heterocycles. The third-order valence-electron chi connectivity index (χ3n) is 7.10. The average Bonchev–Trinajstić information content (AvgIpc) is 2.88. The quantitative estimate of drug-likeness (QED) is 0.586. The molecule has 6 heteroatoms. The Kier molecular flexibility index (Phi) is 6.20. The van der Waals surface area contributed by atoms with Gasteiger partial charge in [-0.25, -0.2) is 0 Å². The number of fused-ring (bicyclic) bond motifs is 4. The van der Waals surface area contributed by atoms with E-state index in [4.69, 9.17) is 9.47 Å². The number of hydrogen-bond donors (Lipinski definition) is 1. The van der Waals surface area contributed by atoms with Crippen molar-refractivity contribution in [2.45, 2.75) is 31.7 Å². The molecule has 0 saturated heterocycles. The molecule has 0 aromatic heterocycles. The Hall–Kier alpha value is -3.80. The zero-order chi connectivity index (χ0) is 24.5. The number of carbonyl (C=O) groups excluding carboxylic acids is 2. The molecule has 3 aromatic rings. The van der Waals surface area contributed by atoms with Crippen molar-refractivity contribution >= 4 is 11.8 Å². The minimum Gasteiger partial charge on any atom is -0.493 e. The molecule has 6 nitrogen and oxygen atoms in total. The van der Waals surface area contributed by atoms with Gasteiger partial charge in [-0.3, -0.25) is 9.59 Å². The van der Waals surface area contributed by atoms with Crippen molar-refractivity contribution in [1.82, 2.24) is 10.2 Å². The first-order valence-corrected chi connectivity index (χ1v) is 12.0. The summed E-state index contributed by atoms with van der Waals surface area (Å²) in [6, 6.07) is 19.3. The van der Waals surface area contributed by atoms with E-state index >= 15 is 0 Å². The maximum absolute atomic E-state index is 13.8. The summed E-state index contributed by atoms with van der Waals surface area (Å²) in [5.41, 5.74) is 5.78. The lowest BCUT2D eigenvalue weighted by Gasteiger charge is -2.45. The van der Waals surface area contributed by atoms with Gasteiger partial charge in [-0.1, -0.05) is 48.0 Å². The van der Waals surface area contributed by atoms with Crippen LogP contribution in [0.4, 0.5) is 0 Å². The van der Waals surface area contributed by atoms with Crippen LogP contribution in [0.25, 0.3) is 0 Å². The van der Waals surface area contributed by atoms with Crippen molar-refractivity contribution in [3.8, 4) is 11.5 Å². The number of carbonyl (C=O) groups is 2. The van der Waals surface area contributed by atoms with Gasteiger partial charge in [0.15, 0.2) is 11.5 Å². The smallest absolute Gasteiger partial charge is 0.254 e. The standard InChI is InChI=1S/C29H30N2O4/c1-18-7-6-8-19(15-18)11-13-30-28(32)26-21-9-4-5-10-22(21)29(33)31-14-12-20-16-24(34-2)25(35-3)17-23(20)27(26)31/h4-10,15-17,26-27H,11-14H2,1-3H3,(H,30,32)/t26-,27+/m0/s1. The van der Waals surface area contributed by atoms with Gasteiger partial charge in [0.05, 0.1) is 26.2 Å². The summed E-state index contributed by atoms with van der Waals surface area (Å²) < 4.78 is 11.1. The maximum Gasteiger partial charge on any atom is 0.254 e. The molecular formula is C29H30N2O4. The lowest BCUT2D eigenvalue weighted by molar-refractivity contribution is -0.124. The maximum atomic E-state index is 13.8. The predicted octanol–water partition coefficient (Wildman–Crippen LogP) is 4.21. The van der Waals surface area contributed by atoms with E-state index in [2.05, 4.69) is 30.4 Å². The Morgan fingerprint density at radius 1 is 1.00 bits per heavy atom. The van der Waals surface area contributed by atoms with Crippen molar-refractivity contribution in [3.05, 3.63) is 94.0 Å². The highest BCUT2D eigenvalue weighted by molar-refractivity contribution is 6.01. The Labute approximate surface area is 205 Å². The lowest BCUT2D eigenvalue weighted by atomic mass is 9.75. The van der Waals surface area contributed by atoms with Crippen molar-refractivity contribution < 1.29 is 19.1 Å². The normalized spacial score (nSPS) is 18.3. The van der Waals surface area contributed by atoms with Crippen LogP contribution in [0.2, 0.25) is 0 Å². The fourth-order valence-corrected chi connectivity index (χ4v) is 5.44. The second-order valence-corrected chi connectivity index (χ2v) is 9.19. The third-order valence-corrected chi connectivity index (χ3v) is 7.10.